The average Bonchev–Trinajstić information content (AvgIpc) is 2.37. The Balaban J connectivity index is 2.09. The Bertz CT molecular complexity index is 167. The molecule has 0 bridgehead atoms. The minimum absolute atomic E-state index is 0.161. The van der Waals surface area contributed by atoms with E-state index in [0.29, 0.717) is 5.11 Å². The van der Waals surface area contributed by atoms with Crippen LogP contribution in [-0.2, 0) is 0 Å². The Kier molecular flexibility index (Phi) is 3.42. The first-order chi connectivity index (χ1) is 5.33. The number of nitrogens with one attached hydrogen (secondary N) is 1. The molecule has 11 heavy (non-hydrogen) atoms. The highest BCUT2D eigenvalue weighted by atomic mass is 32.1. The van der Waals surface area contributed by atoms with Crippen molar-refractivity contribution in [2.45, 2.75) is 38.8 Å². The van der Waals surface area contributed by atoms with Gasteiger partial charge in [0.25, 0.3) is 0 Å². The van der Waals surface area contributed by atoms with Crippen LogP contribution in [0.4, 0.5) is 0 Å². The molecule has 0 spiro atoms. The summed E-state index contributed by atoms with van der Waals surface area (Å²) in [4.78, 5) is 0. The second kappa shape index (κ2) is 4.38. The van der Waals surface area contributed by atoms with Gasteiger partial charge in [0, 0.05) is 0 Å². The van der Waals surface area contributed by atoms with E-state index in [1.54, 1.807) is 0 Å². The fourth-order valence-corrected chi connectivity index (χ4v) is 1.22. The van der Waals surface area contributed by atoms with Crippen LogP contribution in [0.1, 0.15) is 32.6 Å². The maximum absolute atomic E-state index is 4.80. The first kappa shape index (κ1) is 8.59. The van der Waals surface area contributed by atoms with Gasteiger partial charge in [0.1, 0.15) is 6.17 Å². The quantitative estimate of drug-likeness (QED) is 0.520. The zero-order valence-corrected chi connectivity index (χ0v) is 7.52. The standard InChI is InChI=1S/C7H13N3S/c1-2-3-4-5-6-8-7(11)10-9-6/h6H,2-5H2,1H3,(H,8,11). The predicted octanol–water partition coefficient (Wildman–Crippen LogP) is 2.23. The van der Waals surface area contributed by atoms with E-state index in [2.05, 4.69) is 22.5 Å². The van der Waals surface area contributed by atoms with Crippen molar-refractivity contribution < 1.29 is 0 Å². The molecule has 1 atom stereocenters. The molecular formula is C7H13N3S. The van der Waals surface area contributed by atoms with Crippen LogP contribution in [0.15, 0.2) is 10.2 Å². The molecule has 1 aliphatic heterocycles. The monoisotopic (exact) mass is 171 g/mol. The summed E-state index contributed by atoms with van der Waals surface area (Å²) in [7, 11) is 0. The lowest BCUT2D eigenvalue weighted by Crippen LogP contribution is -2.24. The predicted molar refractivity (Wildman–Crippen MR) is 48.5 cm³/mol. The lowest BCUT2D eigenvalue weighted by Gasteiger charge is -2.04. The van der Waals surface area contributed by atoms with E-state index >= 15 is 0 Å². The second-order valence-electron chi connectivity index (χ2n) is 2.68. The molecule has 0 aromatic carbocycles. The molecule has 1 rings (SSSR count). The van der Waals surface area contributed by atoms with Gasteiger partial charge in [-0.1, -0.05) is 19.8 Å². The van der Waals surface area contributed by atoms with E-state index in [1.807, 2.05) is 0 Å². The Hall–Kier alpha value is -0.510. The lowest BCUT2D eigenvalue weighted by molar-refractivity contribution is 0.546. The summed E-state index contributed by atoms with van der Waals surface area (Å²) in [5, 5.41) is 11.2. The third-order valence-corrected chi connectivity index (χ3v) is 1.86. The Morgan fingerprint density at radius 1 is 1.55 bits per heavy atom. The van der Waals surface area contributed by atoms with Gasteiger partial charge in [0.2, 0.25) is 5.11 Å². The van der Waals surface area contributed by atoms with Crippen LogP contribution in [0, 0.1) is 0 Å². The van der Waals surface area contributed by atoms with Crippen LogP contribution >= 0.6 is 12.2 Å². The van der Waals surface area contributed by atoms with Crippen molar-refractivity contribution >= 4 is 17.3 Å². The molecule has 1 heterocycles. The minimum atomic E-state index is 0.161. The maximum Gasteiger partial charge on any atom is 0.215 e. The summed E-state index contributed by atoms with van der Waals surface area (Å²) in [6, 6.07) is 0. The molecule has 0 amide bonds. The molecule has 1 N–H and O–H groups in total. The molecule has 0 aliphatic carbocycles. The van der Waals surface area contributed by atoms with Crippen LogP contribution in [0.5, 0.6) is 0 Å². The molecule has 62 valence electrons. The van der Waals surface area contributed by atoms with Crippen LogP contribution in [0.25, 0.3) is 0 Å². The van der Waals surface area contributed by atoms with Crippen LogP contribution in [0.3, 0.4) is 0 Å². The van der Waals surface area contributed by atoms with Crippen molar-refractivity contribution in [3.8, 4) is 0 Å². The molecule has 0 aromatic heterocycles. The summed E-state index contributed by atoms with van der Waals surface area (Å²) in [5.41, 5.74) is 0. The largest absolute Gasteiger partial charge is 0.336 e. The summed E-state index contributed by atoms with van der Waals surface area (Å²) in [6.45, 7) is 2.19. The zero-order valence-electron chi connectivity index (χ0n) is 6.71. The molecule has 3 nitrogen and oxygen atoms in total. The van der Waals surface area contributed by atoms with Crippen molar-refractivity contribution in [3.63, 3.8) is 0 Å². The van der Waals surface area contributed by atoms with Gasteiger partial charge in [-0.25, -0.2) is 0 Å². The second-order valence-corrected chi connectivity index (χ2v) is 3.06. The van der Waals surface area contributed by atoms with E-state index < -0.39 is 0 Å². The van der Waals surface area contributed by atoms with Crippen LogP contribution in [-0.4, -0.2) is 11.3 Å². The molecule has 0 radical (unpaired) electrons. The van der Waals surface area contributed by atoms with Gasteiger partial charge in [-0.3, -0.25) is 0 Å². The first-order valence-corrected chi connectivity index (χ1v) is 4.45. The summed E-state index contributed by atoms with van der Waals surface area (Å²) in [6.07, 6.45) is 4.93. The van der Waals surface area contributed by atoms with Crippen molar-refractivity contribution in [3.05, 3.63) is 0 Å². The van der Waals surface area contributed by atoms with Crippen molar-refractivity contribution in [2.75, 3.05) is 0 Å². The van der Waals surface area contributed by atoms with Crippen molar-refractivity contribution in [1.82, 2.24) is 5.32 Å². The topological polar surface area (TPSA) is 36.8 Å². The van der Waals surface area contributed by atoms with Crippen LogP contribution in [0.2, 0.25) is 0 Å². The average molecular weight is 171 g/mol. The number of unbranched alkanes of at least 4 members (excludes halogenated alkanes) is 2. The fraction of sp³-hybridized carbons (Fsp3) is 0.857. The summed E-state index contributed by atoms with van der Waals surface area (Å²) in [5.74, 6) is 0. The Morgan fingerprint density at radius 2 is 2.36 bits per heavy atom. The van der Waals surface area contributed by atoms with E-state index in [0.717, 1.165) is 6.42 Å². The van der Waals surface area contributed by atoms with E-state index in [-0.39, 0.29) is 6.17 Å². The third-order valence-electron chi connectivity index (χ3n) is 1.66. The number of hydrogen-bond acceptors (Lipinski definition) is 2. The molecule has 1 aliphatic rings. The zero-order chi connectivity index (χ0) is 8.10. The molecule has 0 saturated heterocycles. The number of azo groups is 1. The third kappa shape index (κ3) is 2.93. The maximum atomic E-state index is 4.80. The first-order valence-electron chi connectivity index (χ1n) is 4.04. The van der Waals surface area contributed by atoms with E-state index in [4.69, 9.17) is 12.2 Å². The van der Waals surface area contributed by atoms with E-state index in [9.17, 15) is 0 Å². The molecule has 0 saturated carbocycles. The van der Waals surface area contributed by atoms with Crippen molar-refractivity contribution in [1.29, 1.82) is 0 Å². The van der Waals surface area contributed by atoms with Gasteiger partial charge in [0.05, 0.1) is 0 Å². The van der Waals surface area contributed by atoms with E-state index in [1.165, 1.54) is 19.3 Å². The lowest BCUT2D eigenvalue weighted by atomic mass is 10.2. The van der Waals surface area contributed by atoms with Gasteiger partial charge in [-0.2, -0.15) is 5.11 Å². The molecular weight excluding hydrogens is 158 g/mol. The van der Waals surface area contributed by atoms with Gasteiger partial charge in [-0.05, 0) is 25.1 Å². The Labute approximate surface area is 72.3 Å². The van der Waals surface area contributed by atoms with Gasteiger partial charge in [0.15, 0.2) is 0 Å². The SMILES string of the molecule is CCCCCC1N=NC(=S)N1. The molecule has 4 heteroatoms. The van der Waals surface area contributed by atoms with Gasteiger partial charge < -0.3 is 5.32 Å². The van der Waals surface area contributed by atoms with Crippen LogP contribution < -0.4 is 5.32 Å². The fourth-order valence-electron chi connectivity index (χ4n) is 1.04. The Morgan fingerprint density at radius 3 is 2.91 bits per heavy atom. The number of nitrogens with zero attached hydrogens (tertiary/aromatic N) is 2. The number of thiocarbonyl (C=S) groups is 1. The van der Waals surface area contributed by atoms with Gasteiger partial charge >= 0.3 is 0 Å². The summed E-state index contributed by atoms with van der Waals surface area (Å²) >= 11 is 4.80. The number of hydrogen-bond donors (Lipinski definition) is 1. The number of rotatable bonds is 4. The molecule has 0 aromatic rings. The molecule has 1 unspecified atom stereocenters. The highest BCUT2D eigenvalue weighted by Gasteiger charge is 2.12. The highest BCUT2D eigenvalue weighted by Crippen LogP contribution is 2.08. The molecule has 0 fully saturated rings. The van der Waals surface area contributed by atoms with Gasteiger partial charge in [-0.15, -0.1) is 5.11 Å². The summed E-state index contributed by atoms with van der Waals surface area (Å²) < 4.78 is 0. The smallest absolute Gasteiger partial charge is 0.215 e. The minimum Gasteiger partial charge on any atom is -0.336 e. The normalized spacial score (nSPS) is 22.3. The van der Waals surface area contributed by atoms with Crippen molar-refractivity contribution in [2.24, 2.45) is 10.2 Å². The highest BCUT2D eigenvalue weighted by molar-refractivity contribution is 7.80.